The molecule has 2 heterocycles. The molecular formula is C51H50N2O5. The highest BCUT2D eigenvalue weighted by atomic mass is 16.5. The van der Waals surface area contributed by atoms with Crippen LogP contribution in [-0.4, -0.2) is 46.5 Å². The largest absolute Gasteiger partial charge is 0.457 e. The molecule has 9 rings (SSSR count). The van der Waals surface area contributed by atoms with Gasteiger partial charge in [-0.2, -0.15) is 0 Å². The van der Waals surface area contributed by atoms with Crippen molar-refractivity contribution in [3.63, 3.8) is 0 Å². The zero-order valence-electron chi connectivity index (χ0n) is 33.6. The van der Waals surface area contributed by atoms with Crippen LogP contribution in [0.1, 0.15) is 144 Å². The van der Waals surface area contributed by atoms with Crippen molar-refractivity contribution in [1.82, 2.24) is 9.80 Å². The van der Waals surface area contributed by atoms with Gasteiger partial charge >= 0.3 is 0 Å². The Morgan fingerprint density at radius 1 is 0.466 bits per heavy atom. The zero-order valence-corrected chi connectivity index (χ0v) is 33.6. The maximum Gasteiger partial charge on any atom is 0.261 e. The number of allylic oxidation sites excluding steroid dienone is 4. The Bertz CT molecular complexity index is 2640. The van der Waals surface area contributed by atoms with E-state index in [1.807, 2.05) is 66.7 Å². The molecule has 0 radical (unpaired) electrons. The molecule has 0 saturated heterocycles. The molecule has 6 aromatic carbocycles. The molecule has 294 valence electrons. The van der Waals surface area contributed by atoms with Gasteiger partial charge in [0.1, 0.15) is 11.5 Å². The number of carbonyl (C=O) groups excluding carboxylic acids is 4. The van der Waals surface area contributed by atoms with Gasteiger partial charge in [0, 0.05) is 57.2 Å². The van der Waals surface area contributed by atoms with E-state index in [0.29, 0.717) is 57.6 Å². The Hall–Kier alpha value is -5.82. The molecule has 58 heavy (non-hydrogen) atoms. The minimum absolute atomic E-state index is 0.206. The minimum Gasteiger partial charge on any atom is -0.457 e. The molecule has 0 fully saturated rings. The number of unbranched alkanes of at least 4 members (excludes halogenated alkanes) is 10. The second-order valence-electron chi connectivity index (χ2n) is 16.3. The summed E-state index contributed by atoms with van der Waals surface area (Å²) in [6, 6.07) is 21.3. The number of hydrogen-bond acceptors (Lipinski definition) is 5. The van der Waals surface area contributed by atoms with E-state index in [-0.39, 0.29) is 29.5 Å². The molecule has 0 unspecified atom stereocenters. The highest BCUT2D eigenvalue weighted by Gasteiger charge is 2.37. The highest BCUT2D eigenvalue weighted by molar-refractivity contribution is 6.42. The van der Waals surface area contributed by atoms with Gasteiger partial charge in [0.05, 0.1) is 5.56 Å². The predicted molar refractivity (Wildman–Crippen MR) is 233 cm³/mol. The maximum absolute atomic E-state index is 14.5. The SMILES string of the molecule is CCCCCCCCN1C(=O)c2ccc3c4ccc5c6c(cc(Oc7ccc(C8C=CC=C8)cc7)c(c7ccc(c2c37)C1=O)c64)C(=O)N(CCCCCCCC)C5=O. The van der Waals surface area contributed by atoms with Crippen LogP contribution in [0.4, 0.5) is 0 Å². The molecule has 4 amide bonds. The second kappa shape index (κ2) is 15.8. The number of rotatable bonds is 17. The van der Waals surface area contributed by atoms with E-state index < -0.39 is 0 Å². The molecule has 0 bridgehead atoms. The van der Waals surface area contributed by atoms with Crippen LogP contribution >= 0.6 is 0 Å². The molecule has 7 heteroatoms. The number of amides is 4. The Kier molecular flexibility index (Phi) is 10.3. The normalized spacial score (nSPS) is 15.2. The summed E-state index contributed by atoms with van der Waals surface area (Å²) in [6.07, 6.45) is 21.1. The van der Waals surface area contributed by atoms with E-state index in [1.165, 1.54) is 29.1 Å². The van der Waals surface area contributed by atoms with Crippen molar-refractivity contribution in [1.29, 1.82) is 0 Å². The first kappa shape index (κ1) is 37.7. The van der Waals surface area contributed by atoms with E-state index in [0.717, 1.165) is 95.7 Å². The number of nitrogens with zero attached hydrogens (tertiary/aromatic N) is 2. The number of hydrogen-bond donors (Lipinski definition) is 0. The average Bonchev–Trinajstić information content (AvgIpc) is 3.79. The summed E-state index contributed by atoms with van der Waals surface area (Å²) in [6.45, 7) is 5.14. The smallest absolute Gasteiger partial charge is 0.261 e. The number of carbonyl (C=O) groups is 4. The number of fused-ring (bicyclic) bond motifs is 2. The van der Waals surface area contributed by atoms with Crippen LogP contribution in [0.5, 0.6) is 11.5 Å². The summed E-state index contributed by atoms with van der Waals surface area (Å²) < 4.78 is 6.82. The Balaban J connectivity index is 1.18. The van der Waals surface area contributed by atoms with Crippen molar-refractivity contribution in [3.8, 4) is 11.5 Å². The van der Waals surface area contributed by atoms with Gasteiger partial charge in [-0.25, -0.2) is 0 Å². The standard InChI is InChI=1S/C51H50N2O5/c1-3-5-7-9-11-15-29-52-48(54)38-26-23-35-36-24-27-40-45-41(51(57)53(50(40)56)30-16-12-10-8-6-4-2)31-42(58-34-21-19-33(20-22-34)32-17-13-14-18-32)46(47(36)45)37-25-28-39(49(52)55)44(38)43(35)37/h13-14,17-28,31-32H,3-12,15-16,29-30H2,1-2H3. The lowest BCUT2D eigenvalue weighted by atomic mass is 9.82. The molecule has 0 N–H and O–H groups in total. The summed E-state index contributed by atoms with van der Waals surface area (Å²) in [4.78, 5) is 59.8. The molecule has 0 saturated carbocycles. The van der Waals surface area contributed by atoms with Crippen LogP contribution in [0.3, 0.4) is 0 Å². The Morgan fingerprint density at radius 2 is 0.931 bits per heavy atom. The van der Waals surface area contributed by atoms with Crippen LogP contribution in [0.2, 0.25) is 0 Å². The van der Waals surface area contributed by atoms with E-state index in [9.17, 15) is 19.2 Å². The lowest BCUT2D eigenvalue weighted by Gasteiger charge is -2.31. The molecule has 0 aromatic heterocycles. The van der Waals surface area contributed by atoms with Crippen LogP contribution in [0, 0.1) is 0 Å². The Morgan fingerprint density at radius 3 is 1.48 bits per heavy atom. The highest BCUT2D eigenvalue weighted by Crippen LogP contribution is 2.50. The van der Waals surface area contributed by atoms with E-state index in [2.05, 4.69) is 38.1 Å². The quantitative estimate of drug-likeness (QED) is 0.0399. The molecule has 3 aliphatic rings. The van der Waals surface area contributed by atoms with Crippen molar-refractivity contribution >= 4 is 66.7 Å². The van der Waals surface area contributed by atoms with Crippen molar-refractivity contribution < 1.29 is 23.9 Å². The van der Waals surface area contributed by atoms with Crippen LogP contribution < -0.4 is 4.74 Å². The van der Waals surface area contributed by atoms with Crippen LogP contribution in [0.15, 0.2) is 91.0 Å². The van der Waals surface area contributed by atoms with Crippen molar-refractivity contribution in [2.24, 2.45) is 0 Å². The third-order valence-electron chi connectivity index (χ3n) is 12.6. The van der Waals surface area contributed by atoms with Gasteiger partial charge in [-0.05, 0) is 76.3 Å². The fourth-order valence-electron chi connectivity index (χ4n) is 9.56. The topological polar surface area (TPSA) is 84.0 Å². The minimum atomic E-state index is -0.313. The maximum atomic E-state index is 14.5. The molecule has 6 aromatic rings. The van der Waals surface area contributed by atoms with E-state index >= 15 is 0 Å². The summed E-state index contributed by atoms with van der Waals surface area (Å²) >= 11 is 0. The van der Waals surface area contributed by atoms with Crippen molar-refractivity contribution in [3.05, 3.63) is 119 Å². The van der Waals surface area contributed by atoms with Gasteiger partial charge in [-0.3, -0.25) is 29.0 Å². The fourth-order valence-corrected chi connectivity index (χ4v) is 9.56. The first-order valence-corrected chi connectivity index (χ1v) is 21.5. The summed E-state index contributed by atoms with van der Waals surface area (Å²) in [7, 11) is 0. The zero-order chi connectivity index (χ0) is 39.9. The fraction of sp³-hybridized carbons (Fsp3) is 0.333. The Labute approximate surface area is 339 Å². The predicted octanol–water partition coefficient (Wildman–Crippen LogP) is 12.7. The molecule has 0 spiro atoms. The molecule has 0 atom stereocenters. The molecular weight excluding hydrogens is 721 g/mol. The lowest BCUT2D eigenvalue weighted by Crippen LogP contribution is -2.41. The number of imide groups is 2. The average molecular weight is 771 g/mol. The molecule has 1 aliphatic carbocycles. The van der Waals surface area contributed by atoms with Crippen LogP contribution in [0.25, 0.3) is 43.1 Å². The lowest BCUT2D eigenvalue weighted by molar-refractivity contribution is 0.0592. The second-order valence-corrected chi connectivity index (χ2v) is 16.3. The van der Waals surface area contributed by atoms with Crippen LogP contribution in [-0.2, 0) is 0 Å². The molecule has 2 aliphatic heterocycles. The van der Waals surface area contributed by atoms with E-state index in [4.69, 9.17) is 4.74 Å². The first-order valence-electron chi connectivity index (χ1n) is 21.5. The van der Waals surface area contributed by atoms with Crippen molar-refractivity contribution in [2.45, 2.75) is 96.8 Å². The van der Waals surface area contributed by atoms with Gasteiger partial charge in [0.2, 0.25) is 0 Å². The van der Waals surface area contributed by atoms with Gasteiger partial charge in [0.15, 0.2) is 0 Å². The third kappa shape index (κ3) is 6.36. The van der Waals surface area contributed by atoms with E-state index in [1.54, 1.807) is 0 Å². The number of benzene rings is 6. The van der Waals surface area contributed by atoms with Gasteiger partial charge in [-0.1, -0.05) is 133 Å². The van der Waals surface area contributed by atoms with Gasteiger partial charge in [-0.15, -0.1) is 0 Å². The summed E-state index contributed by atoms with van der Waals surface area (Å²) in [5.41, 5.74) is 3.11. The van der Waals surface area contributed by atoms with Crippen molar-refractivity contribution in [2.75, 3.05) is 13.1 Å². The number of ether oxygens (including phenoxy) is 1. The third-order valence-corrected chi connectivity index (χ3v) is 12.6. The summed E-state index contributed by atoms with van der Waals surface area (Å²) in [5.74, 6) is 0.181. The first-order chi connectivity index (χ1) is 28.4. The summed E-state index contributed by atoms with van der Waals surface area (Å²) in [5, 5.41) is 6.11. The van der Waals surface area contributed by atoms with Gasteiger partial charge < -0.3 is 4.74 Å². The molecule has 7 nitrogen and oxygen atoms in total. The van der Waals surface area contributed by atoms with Gasteiger partial charge in [0.25, 0.3) is 23.6 Å². The monoisotopic (exact) mass is 770 g/mol.